The van der Waals surface area contributed by atoms with Crippen LogP contribution < -0.4 is 5.32 Å². The molecular weight excluding hydrogens is 405 g/mol. The number of fused-ring (bicyclic) bond motifs is 2. The summed E-state index contributed by atoms with van der Waals surface area (Å²) in [5.41, 5.74) is 1.38. The van der Waals surface area contributed by atoms with Gasteiger partial charge in [0.25, 0.3) is 0 Å². The molecule has 10 heteroatoms. The summed E-state index contributed by atoms with van der Waals surface area (Å²) in [4.78, 5) is 43.2. The van der Waals surface area contributed by atoms with Crippen LogP contribution in [0.4, 0.5) is 4.39 Å². The van der Waals surface area contributed by atoms with Crippen LogP contribution in [-0.2, 0) is 16.1 Å². The van der Waals surface area contributed by atoms with E-state index in [1.807, 2.05) is 0 Å². The van der Waals surface area contributed by atoms with E-state index in [9.17, 15) is 23.9 Å². The van der Waals surface area contributed by atoms with Crippen molar-refractivity contribution in [1.29, 1.82) is 0 Å². The molecule has 2 N–H and O–H groups in total. The summed E-state index contributed by atoms with van der Waals surface area (Å²) in [5, 5.41) is 16.6. The number of allylic oxidation sites excluding steroid dienone is 1. The van der Waals surface area contributed by atoms with Gasteiger partial charge < -0.3 is 15.3 Å². The molecule has 0 radical (unpaired) electrons. The van der Waals surface area contributed by atoms with Crippen LogP contribution in [-0.4, -0.2) is 61.2 Å². The second-order valence-electron chi connectivity index (χ2n) is 8.34. The fourth-order valence-corrected chi connectivity index (χ4v) is 4.29. The normalized spacial score (nSPS) is 21.7. The zero-order chi connectivity index (χ0) is 22.4. The number of halogens is 1. The molecule has 1 aliphatic heterocycles. The van der Waals surface area contributed by atoms with Gasteiger partial charge in [0.05, 0.1) is 17.8 Å². The number of pyridine rings is 1. The molecule has 1 saturated carbocycles. The zero-order valence-electron chi connectivity index (χ0n) is 17.6. The van der Waals surface area contributed by atoms with E-state index in [0.29, 0.717) is 28.6 Å². The summed E-state index contributed by atoms with van der Waals surface area (Å²) in [6.07, 6.45) is 2.87. The second kappa shape index (κ2) is 7.75. The molecule has 9 nitrogen and oxygen atoms in total. The van der Waals surface area contributed by atoms with Crippen LogP contribution in [0.15, 0.2) is 23.7 Å². The molecule has 1 aliphatic carbocycles. The minimum atomic E-state index is -1.19. The molecule has 3 atom stereocenters. The van der Waals surface area contributed by atoms with E-state index in [2.05, 4.69) is 15.4 Å². The summed E-state index contributed by atoms with van der Waals surface area (Å²) < 4.78 is 15.1. The molecule has 2 amide bonds. The number of carbonyl (C=O) groups is 3. The van der Waals surface area contributed by atoms with Gasteiger partial charge in [-0.25, -0.2) is 9.18 Å². The van der Waals surface area contributed by atoms with Crippen molar-refractivity contribution < 1.29 is 23.9 Å². The van der Waals surface area contributed by atoms with Crippen molar-refractivity contribution in [1.82, 2.24) is 25.0 Å². The Kier molecular flexibility index (Phi) is 5.24. The maximum atomic E-state index is 13.8. The Balaban J connectivity index is 1.56. The second-order valence-corrected chi connectivity index (χ2v) is 8.34. The Hall–Kier alpha value is -3.30. The molecular formula is C21H24FN5O4. The Bertz CT molecular complexity index is 1120. The SMILES string of the molecule is CC(C)=C(F)CNC(=O)[C@@H]1C[C@H]2C[C@H]2N1C(=O)Cn1nc(C(=O)O)c2ccnc(C)c21. The van der Waals surface area contributed by atoms with Crippen molar-refractivity contribution >= 4 is 28.7 Å². The van der Waals surface area contributed by atoms with Gasteiger partial charge in [-0.05, 0) is 51.2 Å². The van der Waals surface area contributed by atoms with E-state index in [1.54, 1.807) is 31.7 Å². The third-order valence-corrected chi connectivity index (χ3v) is 5.98. The number of aryl methyl sites for hydroxylation is 1. The Labute approximate surface area is 177 Å². The molecule has 1 saturated heterocycles. The number of hydrogen-bond donors (Lipinski definition) is 2. The lowest BCUT2D eigenvalue weighted by Gasteiger charge is -2.27. The Morgan fingerprint density at radius 3 is 2.71 bits per heavy atom. The van der Waals surface area contributed by atoms with Crippen LogP contribution in [0.2, 0.25) is 0 Å². The minimum Gasteiger partial charge on any atom is -0.476 e. The first-order valence-electron chi connectivity index (χ1n) is 10.1. The highest BCUT2D eigenvalue weighted by Crippen LogP contribution is 2.48. The highest BCUT2D eigenvalue weighted by molar-refractivity contribution is 6.02. The number of aromatic carboxylic acids is 1. The predicted molar refractivity (Wildman–Crippen MR) is 109 cm³/mol. The van der Waals surface area contributed by atoms with E-state index in [0.717, 1.165) is 6.42 Å². The monoisotopic (exact) mass is 429 g/mol. The first-order chi connectivity index (χ1) is 14.7. The molecule has 164 valence electrons. The summed E-state index contributed by atoms with van der Waals surface area (Å²) in [7, 11) is 0. The molecule has 2 aromatic heterocycles. The van der Waals surface area contributed by atoms with Gasteiger partial charge in [0.15, 0.2) is 5.69 Å². The molecule has 0 bridgehead atoms. The van der Waals surface area contributed by atoms with Gasteiger partial charge in [0, 0.05) is 17.6 Å². The first-order valence-corrected chi connectivity index (χ1v) is 10.1. The zero-order valence-corrected chi connectivity index (χ0v) is 17.6. The lowest BCUT2D eigenvalue weighted by atomic mass is 10.1. The lowest BCUT2D eigenvalue weighted by molar-refractivity contribution is -0.140. The average Bonchev–Trinajstić information content (AvgIpc) is 3.20. The lowest BCUT2D eigenvalue weighted by Crippen LogP contribution is -2.49. The third kappa shape index (κ3) is 3.77. The molecule has 0 unspecified atom stereocenters. The van der Waals surface area contributed by atoms with Crippen LogP contribution in [0.3, 0.4) is 0 Å². The van der Waals surface area contributed by atoms with Crippen molar-refractivity contribution in [2.75, 3.05) is 6.54 Å². The molecule has 2 aliphatic rings. The van der Waals surface area contributed by atoms with Gasteiger partial charge in [0.2, 0.25) is 11.8 Å². The predicted octanol–water partition coefficient (Wildman–Crippen LogP) is 1.81. The topological polar surface area (TPSA) is 117 Å². The van der Waals surface area contributed by atoms with Crippen molar-refractivity contribution in [2.45, 2.75) is 52.2 Å². The molecule has 0 aromatic carbocycles. The number of carbonyl (C=O) groups excluding carboxylic acids is 2. The van der Waals surface area contributed by atoms with E-state index in [-0.39, 0.29) is 42.6 Å². The van der Waals surface area contributed by atoms with Gasteiger partial charge in [-0.1, -0.05) is 0 Å². The molecule has 31 heavy (non-hydrogen) atoms. The third-order valence-electron chi connectivity index (χ3n) is 5.98. The highest BCUT2D eigenvalue weighted by atomic mass is 19.1. The largest absolute Gasteiger partial charge is 0.476 e. The number of aromatic nitrogens is 3. The van der Waals surface area contributed by atoms with E-state index in [4.69, 9.17) is 0 Å². The summed E-state index contributed by atoms with van der Waals surface area (Å²) in [6, 6.07) is 0.873. The van der Waals surface area contributed by atoms with E-state index in [1.165, 1.54) is 10.9 Å². The van der Waals surface area contributed by atoms with Gasteiger partial charge in [-0.3, -0.25) is 19.3 Å². The fourth-order valence-electron chi connectivity index (χ4n) is 4.29. The number of rotatable bonds is 6. The van der Waals surface area contributed by atoms with Crippen LogP contribution in [0.5, 0.6) is 0 Å². The molecule has 0 spiro atoms. The maximum Gasteiger partial charge on any atom is 0.357 e. The van der Waals surface area contributed by atoms with Crippen molar-refractivity contribution in [2.24, 2.45) is 5.92 Å². The average molecular weight is 429 g/mol. The van der Waals surface area contributed by atoms with Crippen LogP contribution >= 0.6 is 0 Å². The number of likely N-dealkylation sites (tertiary alicyclic amines) is 1. The van der Waals surface area contributed by atoms with Crippen LogP contribution in [0, 0.1) is 12.8 Å². The molecule has 4 rings (SSSR count). The first kappa shape index (κ1) is 21.0. The van der Waals surface area contributed by atoms with Gasteiger partial charge in [0.1, 0.15) is 18.4 Å². The number of nitrogens with zero attached hydrogens (tertiary/aromatic N) is 4. The summed E-state index contributed by atoms with van der Waals surface area (Å²) in [5.74, 6) is -2.03. The number of carboxylic acids is 1. The van der Waals surface area contributed by atoms with Gasteiger partial charge in [-0.15, -0.1) is 0 Å². The number of hydrogen-bond acceptors (Lipinski definition) is 5. The standard InChI is InChI=1S/C21H24FN5O4/c1-10(2)14(22)8-24-20(29)16-7-12-6-15(12)27(16)17(28)9-26-19-11(3)23-5-4-13(19)18(25-26)21(30)31/h4-5,12,15-16H,6-9H2,1-3H3,(H,24,29)(H,30,31)/t12-,15-,16+/m1/s1. The molecule has 2 fully saturated rings. The highest BCUT2D eigenvalue weighted by Gasteiger charge is 2.56. The maximum absolute atomic E-state index is 13.8. The Morgan fingerprint density at radius 1 is 1.29 bits per heavy atom. The summed E-state index contributed by atoms with van der Waals surface area (Å²) >= 11 is 0. The quantitative estimate of drug-likeness (QED) is 0.723. The minimum absolute atomic E-state index is 0.0171. The smallest absolute Gasteiger partial charge is 0.357 e. The van der Waals surface area contributed by atoms with E-state index < -0.39 is 17.8 Å². The van der Waals surface area contributed by atoms with Gasteiger partial charge in [-0.2, -0.15) is 5.10 Å². The van der Waals surface area contributed by atoms with Crippen LogP contribution in [0.1, 0.15) is 42.9 Å². The number of nitrogens with one attached hydrogen (secondary N) is 1. The van der Waals surface area contributed by atoms with E-state index >= 15 is 0 Å². The fraction of sp³-hybridized carbons (Fsp3) is 0.476. The molecule has 2 aromatic rings. The van der Waals surface area contributed by atoms with Gasteiger partial charge >= 0.3 is 5.97 Å². The van der Waals surface area contributed by atoms with Crippen molar-refractivity contribution in [3.63, 3.8) is 0 Å². The van der Waals surface area contributed by atoms with Crippen LogP contribution in [0.25, 0.3) is 10.9 Å². The number of piperidine rings is 1. The molecule has 3 heterocycles. The Morgan fingerprint density at radius 2 is 2.03 bits per heavy atom. The van der Waals surface area contributed by atoms with Crippen molar-refractivity contribution in [3.05, 3.63) is 35.1 Å². The number of carboxylic acid groups (broad SMARTS) is 1. The number of amides is 2. The van der Waals surface area contributed by atoms with Crippen molar-refractivity contribution in [3.8, 4) is 0 Å². The summed E-state index contributed by atoms with van der Waals surface area (Å²) in [6.45, 7) is 4.56.